The Hall–Kier alpha value is -2.07. The summed E-state index contributed by atoms with van der Waals surface area (Å²) in [7, 11) is 0. The van der Waals surface area contributed by atoms with Gasteiger partial charge in [0.1, 0.15) is 5.82 Å². The average Bonchev–Trinajstić information content (AvgIpc) is 2.90. The summed E-state index contributed by atoms with van der Waals surface area (Å²) in [6.07, 6.45) is 3.26. The van der Waals surface area contributed by atoms with E-state index in [1.165, 1.54) is 27.8 Å². The van der Waals surface area contributed by atoms with E-state index in [0.717, 1.165) is 43.4 Å². The van der Waals surface area contributed by atoms with Crippen molar-refractivity contribution in [2.24, 2.45) is 4.99 Å². The number of hydrogen-bond acceptors (Lipinski definition) is 4. The Morgan fingerprint density at radius 2 is 1.76 bits per heavy atom. The molecule has 2 heterocycles. The molecule has 0 saturated carbocycles. The van der Waals surface area contributed by atoms with E-state index in [2.05, 4.69) is 75.1 Å². The highest BCUT2D eigenvalue weighted by atomic mass is 15.7. The molecule has 0 amide bonds. The van der Waals surface area contributed by atoms with Crippen molar-refractivity contribution in [1.82, 2.24) is 15.3 Å². The Labute approximate surface area is 151 Å². The molecule has 1 N–H and O–H groups in total. The lowest BCUT2D eigenvalue weighted by molar-refractivity contribution is 0.0729. The summed E-state index contributed by atoms with van der Waals surface area (Å²) in [5, 5.41) is 8.22. The number of nitrogens with one attached hydrogen (secondary N) is 1. The molecule has 2 aliphatic heterocycles. The van der Waals surface area contributed by atoms with Gasteiger partial charge in [-0.25, -0.2) is 15.0 Å². The molecule has 4 heteroatoms. The maximum absolute atomic E-state index is 4.93. The highest BCUT2D eigenvalue weighted by Crippen LogP contribution is 2.38. The van der Waals surface area contributed by atoms with Gasteiger partial charge in [0.25, 0.3) is 0 Å². The minimum atomic E-state index is 0.901. The Bertz CT molecular complexity index is 747. The number of rotatable bonds is 5. The fraction of sp³-hybridized carbons (Fsp3) is 0.476. The van der Waals surface area contributed by atoms with E-state index in [4.69, 9.17) is 4.99 Å². The van der Waals surface area contributed by atoms with Crippen molar-refractivity contribution in [2.45, 2.75) is 48.0 Å². The average molecular weight is 338 g/mol. The summed E-state index contributed by atoms with van der Waals surface area (Å²) in [5.74, 6) is 2.22. The number of aliphatic imine (C=N–C) groups is 1. The number of hydrazine groups is 1. The van der Waals surface area contributed by atoms with Gasteiger partial charge in [-0.15, -0.1) is 0 Å². The molecule has 1 aromatic rings. The second kappa shape index (κ2) is 7.04. The zero-order chi connectivity index (χ0) is 18.1. The summed E-state index contributed by atoms with van der Waals surface area (Å²) in [6, 6.07) is 4.56. The highest BCUT2D eigenvalue weighted by molar-refractivity contribution is 5.96. The van der Waals surface area contributed by atoms with Crippen LogP contribution in [0.25, 0.3) is 5.57 Å². The van der Waals surface area contributed by atoms with Gasteiger partial charge in [-0.2, -0.15) is 0 Å². The molecule has 1 aromatic carbocycles. The minimum absolute atomic E-state index is 0.901. The van der Waals surface area contributed by atoms with Gasteiger partial charge in [0.15, 0.2) is 5.82 Å². The lowest BCUT2D eigenvalue weighted by Crippen LogP contribution is -2.42. The third kappa shape index (κ3) is 3.23. The SMILES string of the molecule is CCCNC1=CC(C)=NC2=C(c3c(C)cc(C)cc3C)CN(CC)N12. The quantitative estimate of drug-likeness (QED) is 0.875. The number of allylic oxidation sites excluding steroid dienone is 1. The summed E-state index contributed by atoms with van der Waals surface area (Å²) in [5.41, 5.74) is 7.74. The third-order valence-corrected chi connectivity index (χ3v) is 4.85. The van der Waals surface area contributed by atoms with Crippen molar-refractivity contribution in [3.8, 4) is 0 Å². The van der Waals surface area contributed by atoms with Crippen LogP contribution in [0.4, 0.5) is 0 Å². The van der Waals surface area contributed by atoms with Crippen LogP contribution in [0.3, 0.4) is 0 Å². The molecule has 0 bridgehead atoms. The number of hydrogen-bond donors (Lipinski definition) is 1. The van der Waals surface area contributed by atoms with Crippen LogP contribution in [0.1, 0.15) is 49.4 Å². The van der Waals surface area contributed by atoms with Gasteiger partial charge in [-0.1, -0.05) is 31.5 Å². The second-order valence-electron chi connectivity index (χ2n) is 7.08. The van der Waals surface area contributed by atoms with E-state index in [0.29, 0.717) is 0 Å². The first-order chi connectivity index (χ1) is 12.0. The molecule has 0 fully saturated rings. The first kappa shape index (κ1) is 17.7. The molecule has 25 heavy (non-hydrogen) atoms. The number of nitrogens with zero attached hydrogens (tertiary/aromatic N) is 3. The zero-order valence-corrected chi connectivity index (χ0v) is 16.4. The Balaban J connectivity index is 2.12. The predicted molar refractivity (Wildman–Crippen MR) is 106 cm³/mol. The summed E-state index contributed by atoms with van der Waals surface area (Å²) >= 11 is 0. The molecule has 4 nitrogen and oxygen atoms in total. The highest BCUT2D eigenvalue weighted by Gasteiger charge is 2.35. The van der Waals surface area contributed by atoms with E-state index in [1.807, 2.05) is 0 Å². The standard InChI is InChI=1S/C21H30N4/c1-7-9-22-19-12-17(6)23-21-18(13-24(8-2)25(19)21)20-15(4)10-14(3)11-16(20)5/h10-12,22H,7-9,13H2,1-6H3. The van der Waals surface area contributed by atoms with Gasteiger partial charge >= 0.3 is 0 Å². The van der Waals surface area contributed by atoms with Crippen LogP contribution in [0.15, 0.2) is 34.8 Å². The van der Waals surface area contributed by atoms with E-state index >= 15 is 0 Å². The Morgan fingerprint density at radius 1 is 1.08 bits per heavy atom. The van der Waals surface area contributed by atoms with Crippen LogP contribution in [0, 0.1) is 20.8 Å². The monoisotopic (exact) mass is 338 g/mol. The molecule has 0 unspecified atom stereocenters. The molecular weight excluding hydrogens is 308 g/mol. The van der Waals surface area contributed by atoms with E-state index in [1.54, 1.807) is 0 Å². The lowest BCUT2D eigenvalue weighted by Gasteiger charge is -2.34. The second-order valence-corrected chi connectivity index (χ2v) is 7.08. The van der Waals surface area contributed by atoms with Crippen molar-refractivity contribution in [3.63, 3.8) is 0 Å². The summed E-state index contributed by atoms with van der Waals surface area (Å²) in [4.78, 5) is 4.93. The van der Waals surface area contributed by atoms with Gasteiger partial charge in [-0.05, 0) is 50.8 Å². The number of benzene rings is 1. The third-order valence-electron chi connectivity index (χ3n) is 4.85. The van der Waals surface area contributed by atoms with Crippen LogP contribution in [0.2, 0.25) is 0 Å². The Morgan fingerprint density at radius 3 is 2.36 bits per heavy atom. The normalized spacial score (nSPS) is 17.6. The fourth-order valence-electron chi connectivity index (χ4n) is 3.90. The maximum atomic E-state index is 4.93. The first-order valence-corrected chi connectivity index (χ1v) is 9.33. The zero-order valence-electron chi connectivity index (χ0n) is 16.4. The molecule has 134 valence electrons. The number of likely N-dealkylation sites (N-methyl/N-ethyl adjacent to an activating group) is 1. The topological polar surface area (TPSA) is 30.9 Å². The van der Waals surface area contributed by atoms with Gasteiger partial charge in [0.05, 0.1) is 0 Å². The smallest absolute Gasteiger partial charge is 0.154 e. The minimum Gasteiger partial charge on any atom is -0.370 e. The largest absolute Gasteiger partial charge is 0.370 e. The molecular formula is C21H30N4. The number of fused-ring (bicyclic) bond motifs is 1. The van der Waals surface area contributed by atoms with Gasteiger partial charge < -0.3 is 5.32 Å². The summed E-state index contributed by atoms with van der Waals surface area (Å²) < 4.78 is 0. The van der Waals surface area contributed by atoms with Gasteiger partial charge in [0.2, 0.25) is 0 Å². The van der Waals surface area contributed by atoms with Gasteiger partial charge in [0, 0.05) is 37.0 Å². The predicted octanol–water partition coefficient (Wildman–Crippen LogP) is 4.15. The number of aryl methyl sites for hydroxylation is 3. The molecule has 3 rings (SSSR count). The van der Waals surface area contributed by atoms with Crippen LogP contribution in [-0.4, -0.2) is 35.4 Å². The van der Waals surface area contributed by atoms with Gasteiger partial charge in [-0.3, -0.25) is 0 Å². The van der Waals surface area contributed by atoms with E-state index in [9.17, 15) is 0 Å². The summed E-state index contributed by atoms with van der Waals surface area (Å²) in [6.45, 7) is 15.9. The molecule has 0 atom stereocenters. The molecule has 2 aliphatic rings. The van der Waals surface area contributed by atoms with Crippen LogP contribution in [0.5, 0.6) is 0 Å². The Kier molecular flexibility index (Phi) is 5.00. The van der Waals surface area contributed by atoms with Crippen LogP contribution >= 0.6 is 0 Å². The molecule has 0 spiro atoms. The van der Waals surface area contributed by atoms with E-state index in [-0.39, 0.29) is 0 Å². The molecule has 0 saturated heterocycles. The van der Waals surface area contributed by atoms with Crippen molar-refractivity contribution in [3.05, 3.63) is 52.1 Å². The molecule has 0 aliphatic carbocycles. The van der Waals surface area contributed by atoms with Crippen LogP contribution in [-0.2, 0) is 0 Å². The first-order valence-electron chi connectivity index (χ1n) is 9.33. The maximum Gasteiger partial charge on any atom is 0.154 e. The fourth-order valence-corrected chi connectivity index (χ4v) is 3.90. The lowest BCUT2D eigenvalue weighted by atomic mass is 9.93. The van der Waals surface area contributed by atoms with Crippen molar-refractivity contribution < 1.29 is 0 Å². The molecule has 0 aromatic heterocycles. The van der Waals surface area contributed by atoms with Crippen molar-refractivity contribution >= 4 is 11.3 Å². The molecule has 0 radical (unpaired) electrons. The van der Waals surface area contributed by atoms with Crippen molar-refractivity contribution in [1.29, 1.82) is 0 Å². The van der Waals surface area contributed by atoms with Crippen molar-refractivity contribution in [2.75, 3.05) is 19.6 Å². The van der Waals surface area contributed by atoms with Crippen LogP contribution < -0.4 is 5.32 Å². The van der Waals surface area contributed by atoms with E-state index < -0.39 is 0 Å².